The van der Waals surface area contributed by atoms with Crippen molar-refractivity contribution in [3.8, 4) is 11.1 Å². The molecule has 2 atom stereocenters. The maximum Gasteiger partial charge on any atom is 0.251 e. The number of anilines is 2. The first-order valence-electron chi connectivity index (χ1n) is 12.9. The van der Waals surface area contributed by atoms with Gasteiger partial charge in [-0.05, 0) is 98.0 Å². The van der Waals surface area contributed by atoms with Gasteiger partial charge < -0.3 is 21.3 Å². The molecular formula is C30H35ClN4O2. The summed E-state index contributed by atoms with van der Waals surface area (Å²) in [5.74, 6) is -0.0344. The van der Waals surface area contributed by atoms with E-state index in [1.165, 1.54) is 0 Å². The molecule has 37 heavy (non-hydrogen) atoms. The second kappa shape index (κ2) is 12.3. The molecule has 0 radical (unpaired) electrons. The van der Waals surface area contributed by atoms with Crippen molar-refractivity contribution in [3.05, 3.63) is 82.9 Å². The van der Waals surface area contributed by atoms with Crippen molar-refractivity contribution in [1.82, 2.24) is 5.32 Å². The number of hydrogen-bond acceptors (Lipinski definition) is 4. The van der Waals surface area contributed by atoms with E-state index in [-0.39, 0.29) is 23.9 Å². The fourth-order valence-corrected chi connectivity index (χ4v) is 5.10. The van der Waals surface area contributed by atoms with Crippen molar-refractivity contribution < 1.29 is 9.59 Å². The van der Waals surface area contributed by atoms with Crippen molar-refractivity contribution in [2.75, 3.05) is 23.3 Å². The Morgan fingerprint density at radius 3 is 2.35 bits per heavy atom. The van der Waals surface area contributed by atoms with Gasteiger partial charge in [0.25, 0.3) is 5.91 Å². The summed E-state index contributed by atoms with van der Waals surface area (Å²) in [6.07, 6.45) is 3.70. The Labute approximate surface area is 224 Å². The van der Waals surface area contributed by atoms with Crippen LogP contribution in [-0.4, -0.2) is 30.9 Å². The Morgan fingerprint density at radius 2 is 1.68 bits per heavy atom. The predicted molar refractivity (Wildman–Crippen MR) is 152 cm³/mol. The number of nitrogens with zero attached hydrogens (tertiary/aromatic N) is 1. The molecule has 1 aliphatic heterocycles. The molecule has 194 valence electrons. The number of carbonyl (C=O) groups is 2. The molecule has 7 heteroatoms. The van der Waals surface area contributed by atoms with Gasteiger partial charge in [0.1, 0.15) is 0 Å². The number of carbonyl (C=O) groups excluding carboxylic acids is 2. The molecule has 0 saturated heterocycles. The molecule has 0 spiro atoms. The third-order valence-corrected chi connectivity index (χ3v) is 7.10. The lowest BCUT2D eigenvalue weighted by Crippen LogP contribution is -2.43. The Bertz CT molecular complexity index is 1230. The second-order valence-corrected chi connectivity index (χ2v) is 10.1. The van der Waals surface area contributed by atoms with E-state index in [9.17, 15) is 9.59 Å². The van der Waals surface area contributed by atoms with Gasteiger partial charge >= 0.3 is 0 Å². The van der Waals surface area contributed by atoms with Crippen LogP contribution in [0, 0.1) is 0 Å². The highest BCUT2D eigenvalue weighted by Crippen LogP contribution is 2.41. The van der Waals surface area contributed by atoms with Crippen LogP contribution in [0.15, 0.2) is 66.7 Å². The van der Waals surface area contributed by atoms with E-state index >= 15 is 0 Å². The molecule has 0 saturated carbocycles. The maximum absolute atomic E-state index is 12.5. The highest BCUT2D eigenvalue weighted by atomic mass is 35.5. The van der Waals surface area contributed by atoms with Gasteiger partial charge in [-0.2, -0.15) is 0 Å². The van der Waals surface area contributed by atoms with Crippen LogP contribution in [0.1, 0.15) is 61.5 Å². The Morgan fingerprint density at radius 1 is 0.973 bits per heavy atom. The number of unbranched alkanes of at least 4 members (excludes halogenated alkanes) is 2. The summed E-state index contributed by atoms with van der Waals surface area (Å²) in [6.45, 7) is 5.03. The molecular weight excluding hydrogens is 484 g/mol. The molecule has 0 aromatic heterocycles. The molecule has 2 amide bonds. The average molecular weight is 519 g/mol. The quantitative estimate of drug-likeness (QED) is 0.296. The Balaban J connectivity index is 1.56. The first-order chi connectivity index (χ1) is 17.9. The average Bonchev–Trinajstić information content (AvgIpc) is 2.89. The second-order valence-electron chi connectivity index (χ2n) is 9.63. The van der Waals surface area contributed by atoms with Gasteiger partial charge in [0.2, 0.25) is 5.91 Å². The van der Waals surface area contributed by atoms with Crippen LogP contribution in [0.2, 0.25) is 5.02 Å². The van der Waals surface area contributed by atoms with Gasteiger partial charge in [0.05, 0.1) is 6.04 Å². The topological polar surface area (TPSA) is 87.5 Å². The highest BCUT2D eigenvalue weighted by Gasteiger charge is 2.32. The number of amides is 2. The van der Waals surface area contributed by atoms with Crippen LogP contribution in [0.3, 0.4) is 0 Å². The Kier molecular flexibility index (Phi) is 8.85. The molecule has 1 heterocycles. The van der Waals surface area contributed by atoms with Crippen molar-refractivity contribution in [3.63, 3.8) is 0 Å². The monoisotopic (exact) mass is 518 g/mol. The van der Waals surface area contributed by atoms with E-state index in [1.54, 1.807) is 6.92 Å². The van der Waals surface area contributed by atoms with Crippen LogP contribution >= 0.6 is 11.6 Å². The summed E-state index contributed by atoms with van der Waals surface area (Å²) in [4.78, 5) is 26.9. The lowest BCUT2D eigenvalue weighted by atomic mass is 9.88. The number of fused-ring (bicyclic) bond motifs is 1. The minimum atomic E-state index is -0.0666. The molecule has 0 aliphatic carbocycles. The summed E-state index contributed by atoms with van der Waals surface area (Å²) in [5, 5.41) is 7.30. The SMILES string of the molecule is CC(=O)N1c2ccc(-c3ccc(C(=O)NCCCCCN)cc3)cc2[C@H](Nc2ccc(Cl)cc2)C[C@@H]1C. The lowest BCUT2D eigenvalue weighted by molar-refractivity contribution is -0.117. The predicted octanol–water partition coefficient (Wildman–Crippen LogP) is 6.16. The fraction of sp³-hybridized carbons (Fsp3) is 0.333. The van der Waals surface area contributed by atoms with Crippen molar-refractivity contribution in [2.45, 2.75) is 51.6 Å². The largest absolute Gasteiger partial charge is 0.378 e. The standard InChI is InChI=1S/C30H35ClN4O2/c1-20-18-28(34-26-13-11-25(31)12-14-26)27-19-24(10-15-29(27)35(20)21(2)36)22-6-8-23(9-7-22)30(37)33-17-5-3-4-16-32/h6-15,19-20,28,34H,3-5,16-18,32H2,1-2H3,(H,33,37)/t20-,28+/m0/s1. The van der Waals surface area contributed by atoms with E-state index in [0.717, 1.165) is 53.7 Å². The molecule has 6 nitrogen and oxygen atoms in total. The van der Waals surface area contributed by atoms with Crippen LogP contribution in [0.5, 0.6) is 0 Å². The van der Waals surface area contributed by atoms with E-state index in [2.05, 4.69) is 23.6 Å². The lowest BCUT2D eigenvalue weighted by Gasteiger charge is -2.39. The summed E-state index contributed by atoms with van der Waals surface area (Å²) in [5.41, 5.74) is 11.2. The van der Waals surface area contributed by atoms with E-state index in [4.69, 9.17) is 17.3 Å². The smallest absolute Gasteiger partial charge is 0.251 e. The van der Waals surface area contributed by atoms with Crippen molar-refractivity contribution >= 4 is 34.8 Å². The number of rotatable bonds is 9. The Hall–Kier alpha value is -3.35. The first kappa shape index (κ1) is 26.7. The van der Waals surface area contributed by atoms with E-state index < -0.39 is 0 Å². The normalized spacial score (nSPS) is 16.7. The molecule has 4 rings (SSSR count). The van der Waals surface area contributed by atoms with Crippen molar-refractivity contribution in [2.24, 2.45) is 5.73 Å². The van der Waals surface area contributed by atoms with Gasteiger partial charge in [0, 0.05) is 41.5 Å². The number of halogens is 1. The number of benzene rings is 3. The molecule has 4 N–H and O–H groups in total. The molecule has 3 aromatic rings. The van der Waals surface area contributed by atoms with Crippen molar-refractivity contribution in [1.29, 1.82) is 0 Å². The third-order valence-electron chi connectivity index (χ3n) is 6.85. The van der Waals surface area contributed by atoms with Gasteiger partial charge in [-0.3, -0.25) is 9.59 Å². The number of nitrogens with one attached hydrogen (secondary N) is 2. The number of hydrogen-bond donors (Lipinski definition) is 3. The van der Waals surface area contributed by atoms with Crippen LogP contribution in [0.4, 0.5) is 11.4 Å². The summed E-state index contributed by atoms with van der Waals surface area (Å²) in [6, 6.07) is 21.7. The van der Waals surface area contributed by atoms with Crippen LogP contribution in [0.25, 0.3) is 11.1 Å². The summed E-state index contributed by atoms with van der Waals surface area (Å²) in [7, 11) is 0. The van der Waals surface area contributed by atoms with Crippen LogP contribution in [-0.2, 0) is 4.79 Å². The molecule has 0 bridgehead atoms. The van der Waals surface area contributed by atoms with Gasteiger partial charge in [0.15, 0.2) is 0 Å². The number of nitrogens with two attached hydrogens (primary N) is 1. The molecule has 0 fully saturated rings. The van der Waals surface area contributed by atoms with E-state index in [1.807, 2.05) is 65.6 Å². The maximum atomic E-state index is 12.5. The fourth-order valence-electron chi connectivity index (χ4n) is 4.97. The summed E-state index contributed by atoms with van der Waals surface area (Å²) < 4.78 is 0. The van der Waals surface area contributed by atoms with E-state index in [0.29, 0.717) is 23.7 Å². The van der Waals surface area contributed by atoms with Gasteiger partial charge in [-0.25, -0.2) is 0 Å². The molecule has 0 unspecified atom stereocenters. The highest BCUT2D eigenvalue weighted by molar-refractivity contribution is 6.30. The molecule has 3 aromatic carbocycles. The first-order valence-corrected chi connectivity index (χ1v) is 13.3. The molecule has 1 aliphatic rings. The zero-order valence-electron chi connectivity index (χ0n) is 21.5. The van der Waals surface area contributed by atoms with Gasteiger partial charge in [-0.15, -0.1) is 0 Å². The zero-order chi connectivity index (χ0) is 26.4. The van der Waals surface area contributed by atoms with Crippen LogP contribution < -0.4 is 21.3 Å². The minimum absolute atomic E-state index is 0.0323. The third kappa shape index (κ3) is 6.51. The summed E-state index contributed by atoms with van der Waals surface area (Å²) >= 11 is 6.07. The van der Waals surface area contributed by atoms with Gasteiger partial charge in [-0.1, -0.05) is 36.2 Å². The zero-order valence-corrected chi connectivity index (χ0v) is 22.2. The minimum Gasteiger partial charge on any atom is -0.378 e.